The Morgan fingerprint density at radius 1 is 0.944 bits per heavy atom. The summed E-state index contributed by atoms with van der Waals surface area (Å²) in [5.74, 6) is 0. The Morgan fingerprint density at radius 2 is 1.39 bits per heavy atom. The summed E-state index contributed by atoms with van der Waals surface area (Å²) in [5.41, 5.74) is 1.04. The van der Waals surface area contributed by atoms with Crippen molar-refractivity contribution in [3.05, 3.63) is 59.9 Å². The molecule has 0 unspecified atom stereocenters. The lowest BCUT2D eigenvalue weighted by molar-refractivity contribution is 1.50. The summed E-state index contributed by atoms with van der Waals surface area (Å²) in [6, 6.07) is 0. The first kappa shape index (κ1) is 25.8. The van der Waals surface area contributed by atoms with Gasteiger partial charge < -0.3 is 0 Å². The van der Waals surface area contributed by atoms with E-state index in [1.54, 1.807) is 11.5 Å². The molecular formula is C17H32S. The number of thioether (sulfide) groups is 1. The zero-order chi connectivity index (χ0) is 15.4. The van der Waals surface area contributed by atoms with Gasteiger partial charge in [0.05, 0.1) is 0 Å². The third kappa shape index (κ3) is 20.5. The van der Waals surface area contributed by atoms with Crippen molar-refractivity contribution in [3.63, 3.8) is 0 Å². The van der Waals surface area contributed by atoms with E-state index in [2.05, 4.69) is 19.7 Å². The molecule has 0 spiro atoms. The molecular weight excluding hydrogens is 236 g/mol. The highest BCUT2D eigenvalue weighted by Crippen LogP contribution is 2.23. The first-order valence-corrected chi connectivity index (χ1v) is 7.56. The Balaban J connectivity index is -0.000000141. The van der Waals surface area contributed by atoms with E-state index in [-0.39, 0.29) is 0 Å². The van der Waals surface area contributed by atoms with Gasteiger partial charge >= 0.3 is 0 Å². The molecule has 0 saturated carbocycles. The maximum absolute atomic E-state index is 3.89. The molecule has 1 heteroatoms. The van der Waals surface area contributed by atoms with E-state index in [1.165, 1.54) is 11.8 Å². The average Bonchev–Trinajstić information content (AvgIpc) is 2.46. The molecule has 0 fully saturated rings. The normalized spacial score (nSPS) is 8.72. The predicted molar refractivity (Wildman–Crippen MR) is 94.1 cm³/mol. The molecule has 106 valence electrons. The van der Waals surface area contributed by atoms with Crippen LogP contribution in [0.2, 0.25) is 0 Å². The van der Waals surface area contributed by atoms with Gasteiger partial charge in [0.15, 0.2) is 0 Å². The Bertz CT molecular complexity index is 232. The average molecular weight is 269 g/mol. The minimum atomic E-state index is 0.970. The van der Waals surface area contributed by atoms with Crippen molar-refractivity contribution in [1.82, 2.24) is 0 Å². The third-order valence-electron chi connectivity index (χ3n) is 1.24. The molecule has 0 bridgehead atoms. The van der Waals surface area contributed by atoms with Crippen LogP contribution in [0, 0.1) is 0 Å². The fourth-order valence-corrected chi connectivity index (χ4v) is 1.13. The Hall–Kier alpha value is -0.950. The van der Waals surface area contributed by atoms with Crippen molar-refractivity contribution in [2.45, 2.75) is 48.5 Å². The van der Waals surface area contributed by atoms with Gasteiger partial charge in [-0.1, -0.05) is 97.3 Å². The van der Waals surface area contributed by atoms with E-state index >= 15 is 0 Å². The van der Waals surface area contributed by atoms with Crippen LogP contribution in [-0.2, 0) is 0 Å². The highest BCUT2D eigenvalue weighted by Gasteiger charge is 1.94. The molecule has 18 heavy (non-hydrogen) atoms. The number of hydrogen-bond acceptors (Lipinski definition) is 1. The highest BCUT2D eigenvalue weighted by molar-refractivity contribution is 8.06. The fraction of sp³-hybridized carbons (Fsp3) is 0.412. The number of rotatable bonds is 5. The van der Waals surface area contributed by atoms with Gasteiger partial charge in [-0.2, -0.15) is 0 Å². The molecule has 0 aromatic rings. The van der Waals surface area contributed by atoms with Gasteiger partial charge in [-0.3, -0.25) is 0 Å². The largest absolute Gasteiger partial charge is 0.0987 e. The van der Waals surface area contributed by atoms with Crippen LogP contribution in [0.4, 0.5) is 0 Å². The minimum absolute atomic E-state index is 0.970. The zero-order valence-electron chi connectivity index (χ0n) is 13.4. The van der Waals surface area contributed by atoms with E-state index < -0.39 is 0 Å². The number of hydrogen-bond donors (Lipinski definition) is 0. The highest BCUT2D eigenvalue weighted by atomic mass is 32.2. The molecule has 0 aliphatic heterocycles. The van der Waals surface area contributed by atoms with Crippen LogP contribution in [0.1, 0.15) is 48.5 Å². The van der Waals surface area contributed by atoms with Crippen molar-refractivity contribution in [1.29, 1.82) is 0 Å². The summed E-state index contributed by atoms with van der Waals surface area (Å²) in [5, 5.41) is 1.76. The summed E-state index contributed by atoms with van der Waals surface area (Å²) in [6.45, 7) is 25.2. The summed E-state index contributed by atoms with van der Waals surface area (Å²) in [7, 11) is 0. The first-order valence-electron chi connectivity index (χ1n) is 6.68. The van der Waals surface area contributed by atoms with Gasteiger partial charge in [0.25, 0.3) is 0 Å². The Labute approximate surface area is 120 Å². The van der Waals surface area contributed by atoms with Crippen LogP contribution in [0.15, 0.2) is 59.9 Å². The maximum atomic E-state index is 3.89. The smallest absolute Gasteiger partial charge is 0.0116 e. The van der Waals surface area contributed by atoms with E-state index in [0.717, 1.165) is 10.5 Å². The molecule has 0 amide bonds. The molecule has 0 heterocycles. The first-order chi connectivity index (χ1) is 8.76. The molecule has 0 saturated heterocycles. The quantitative estimate of drug-likeness (QED) is 0.477. The van der Waals surface area contributed by atoms with Crippen molar-refractivity contribution >= 4 is 11.8 Å². The molecule has 0 aromatic carbocycles. The fourth-order valence-electron chi connectivity index (χ4n) is 0.643. The third-order valence-corrected chi connectivity index (χ3v) is 1.92. The second kappa shape index (κ2) is 29.8. The van der Waals surface area contributed by atoms with Crippen molar-refractivity contribution in [2.75, 3.05) is 0 Å². The number of allylic oxidation sites excluding steroid dienone is 5. The van der Waals surface area contributed by atoms with Crippen LogP contribution >= 0.6 is 11.8 Å². The van der Waals surface area contributed by atoms with Crippen LogP contribution in [-0.4, -0.2) is 0 Å². The summed E-state index contributed by atoms with van der Waals surface area (Å²) >= 11 is 1.51. The van der Waals surface area contributed by atoms with Gasteiger partial charge in [0.1, 0.15) is 0 Å². The molecule has 0 atom stereocenters. The zero-order valence-corrected chi connectivity index (χ0v) is 14.2. The van der Waals surface area contributed by atoms with Crippen LogP contribution < -0.4 is 0 Å². The predicted octanol–water partition coefficient (Wildman–Crippen LogP) is 7.14. The van der Waals surface area contributed by atoms with E-state index in [9.17, 15) is 0 Å². The molecule has 0 aliphatic rings. The summed E-state index contributed by atoms with van der Waals surface area (Å²) < 4.78 is 0. The summed E-state index contributed by atoms with van der Waals surface area (Å²) in [4.78, 5) is 0.970. The molecule has 0 aromatic heterocycles. The Morgan fingerprint density at radius 3 is 1.67 bits per heavy atom. The van der Waals surface area contributed by atoms with Gasteiger partial charge in [-0.25, -0.2) is 0 Å². The van der Waals surface area contributed by atoms with Crippen molar-refractivity contribution < 1.29 is 0 Å². The topological polar surface area (TPSA) is 0 Å². The van der Waals surface area contributed by atoms with Crippen molar-refractivity contribution in [2.24, 2.45) is 0 Å². The van der Waals surface area contributed by atoms with E-state index in [0.29, 0.717) is 0 Å². The lowest BCUT2D eigenvalue weighted by Gasteiger charge is -2.00. The van der Waals surface area contributed by atoms with E-state index in [1.807, 2.05) is 66.7 Å². The SMILES string of the molecule is C=CSC(=C)/C(C=C)=C\C=C/C.CC.CC.CC. The molecule has 0 rings (SSSR count). The van der Waals surface area contributed by atoms with Gasteiger partial charge in [0, 0.05) is 4.91 Å². The van der Waals surface area contributed by atoms with Crippen LogP contribution in [0.3, 0.4) is 0 Å². The molecule has 0 aliphatic carbocycles. The van der Waals surface area contributed by atoms with Gasteiger partial charge in [0.2, 0.25) is 0 Å². The van der Waals surface area contributed by atoms with Crippen molar-refractivity contribution in [3.8, 4) is 0 Å². The lowest BCUT2D eigenvalue weighted by atomic mass is 10.2. The monoisotopic (exact) mass is 268 g/mol. The maximum Gasteiger partial charge on any atom is 0.0116 e. The minimum Gasteiger partial charge on any atom is -0.0987 e. The van der Waals surface area contributed by atoms with Gasteiger partial charge in [-0.05, 0) is 17.9 Å². The lowest BCUT2D eigenvalue weighted by Crippen LogP contribution is -1.76. The second-order valence-corrected chi connectivity index (χ2v) is 3.12. The van der Waals surface area contributed by atoms with Crippen LogP contribution in [0.25, 0.3) is 0 Å². The molecule has 0 nitrogen and oxygen atoms in total. The van der Waals surface area contributed by atoms with Crippen LogP contribution in [0.5, 0.6) is 0 Å². The van der Waals surface area contributed by atoms with E-state index in [4.69, 9.17) is 0 Å². The summed E-state index contributed by atoms with van der Waals surface area (Å²) in [6.07, 6.45) is 7.70. The molecule has 0 N–H and O–H groups in total. The Kier molecular flexibility index (Phi) is 42.7. The van der Waals surface area contributed by atoms with Gasteiger partial charge in [-0.15, -0.1) is 0 Å². The second-order valence-electron chi connectivity index (χ2n) is 2.06. The standard InChI is InChI=1S/C11H14S.3C2H6/c1-5-8-9-11(6-2)10(4)12-7-3;3*1-2/h5-9H,2-4H2,1H3;3*1-2H3/b8-5-,11-9-;;;. The molecule has 0 radical (unpaired) electrons.